The number of ketones is 2. The molecule has 1 aromatic heterocycles. The van der Waals surface area contributed by atoms with Crippen LogP contribution in [0.2, 0.25) is 0 Å². The second-order valence-electron chi connectivity index (χ2n) is 6.09. The summed E-state index contributed by atoms with van der Waals surface area (Å²) in [6, 6.07) is 0. The maximum Gasteiger partial charge on any atom is 0.159 e. The van der Waals surface area contributed by atoms with Crippen molar-refractivity contribution in [1.82, 2.24) is 5.16 Å². The highest BCUT2D eigenvalue weighted by atomic mass is 16.5. The van der Waals surface area contributed by atoms with Crippen molar-refractivity contribution in [3.05, 3.63) is 28.7 Å². The Morgan fingerprint density at radius 1 is 1.30 bits per heavy atom. The summed E-state index contributed by atoms with van der Waals surface area (Å²) in [5.74, 6) is 0.485. The van der Waals surface area contributed by atoms with Crippen molar-refractivity contribution in [2.24, 2.45) is 5.41 Å². The molecule has 1 atom stereocenters. The monoisotopic (exact) mass is 273 g/mol. The molecule has 0 saturated heterocycles. The van der Waals surface area contributed by atoms with Gasteiger partial charge in [-0.25, -0.2) is 0 Å². The average molecular weight is 273 g/mol. The third-order valence-electron chi connectivity index (χ3n) is 4.88. The van der Waals surface area contributed by atoms with Crippen molar-refractivity contribution in [1.29, 1.82) is 0 Å². The number of fused-ring (bicyclic) bond motifs is 1. The number of carbonyl (C=O) groups excluding carboxylic acids is 2. The molecule has 0 aromatic carbocycles. The minimum Gasteiger partial charge on any atom is -0.364 e. The van der Waals surface area contributed by atoms with E-state index < -0.39 is 5.41 Å². The number of aryl methyl sites for hydroxylation is 1. The summed E-state index contributed by atoms with van der Waals surface area (Å²) in [5, 5.41) is 3.87. The van der Waals surface area contributed by atoms with E-state index in [0.717, 1.165) is 35.2 Å². The molecule has 1 unspecified atom stereocenters. The summed E-state index contributed by atoms with van der Waals surface area (Å²) in [4.78, 5) is 24.6. The number of carbonyl (C=O) groups is 2. The normalized spacial score (nSPS) is 26.9. The van der Waals surface area contributed by atoms with Crippen LogP contribution in [0.3, 0.4) is 0 Å². The van der Waals surface area contributed by atoms with Crippen molar-refractivity contribution >= 4 is 11.6 Å². The number of hydrogen-bond donors (Lipinski definition) is 0. The maximum absolute atomic E-state index is 12.3. The summed E-state index contributed by atoms with van der Waals surface area (Å²) in [6.07, 6.45) is 5.68. The molecule has 4 heteroatoms. The van der Waals surface area contributed by atoms with Crippen molar-refractivity contribution in [2.45, 2.75) is 52.4 Å². The summed E-state index contributed by atoms with van der Waals surface area (Å²) in [7, 11) is 0. The molecule has 2 aliphatic rings. The van der Waals surface area contributed by atoms with E-state index in [1.54, 1.807) is 6.26 Å². The predicted molar refractivity (Wildman–Crippen MR) is 73.2 cm³/mol. The van der Waals surface area contributed by atoms with Crippen molar-refractivity contribution in [2.75, 3.05) is 0 Å². The molecule has 0 aliphatic heterocycles. The van der Waals surface area contributed by atoms with Crippen LogP contribution in [0.4, 0.5) is 0 Å². The first-order valence-corrected chi connectivity index (χ1v) is 7.21. The molecule has 1 saturated carbocycles. The highest BCUT2D eigenvalue weighted by Crippen LogP contribution is 2.47. The van der Waals surface area contributed by atoms with Crippen molar-refractivity contribution in [3.63, 3.8) is 0 Å². The van der Waals surface area contributed by atoms with Crippen LogP contribution in [0, 0.1) is 12.3 Å². The molecule has 106 valence electrons. The number of allylic oxidation sites excluding steroid dienone is 2. The second kappa shape index (κ2) is 4.69. The molecule has 1 heterocycles. The van der Waals surface area contributed by atoms with Gasteiger partial charge in [0.15, 0.2) is 5.78 Å². The minimum absolute atomic E-state index is 0.188. The van der Waals surface area contributed by atoms with Gasteiger partial charge in [-0.2, -0.15) is 0 Å². The summed E-state index contributed by atoms with van der Waals surface area (Å²) < 4.78 is 4.95. The smallest absolute Gasteiger partial charge is 0.159 e. The fourth-order valence-corrected chi connectivity index (χ4v) is 3.48. The zero-order chi connectivity index (χ0) is 14.3. The van der Waals surface area contributed by atoms with Gasteiger partial charge < -0.3 is 4.52 Å². The Kier molecular flexibility index (Phi) is 3.11. The van der Waals surface area contributed by atoms with E-state index in [-0.39, 0.29) is 5.78 Å². The fraction of sp³-hybridized carbons (Fsp3) is 0.562. The molecule has 0 bridgehead atoms. The molecular weight excluding hydrogens is 254 g/mol. The average Bonchev–Trinajstić information content (AvgIpc) is 2.82. The SMILES string of the molecule is Cc1nocc1CC1=C2CCCC(=O)C2(C)CCC1=O. The minimum atomic E-state index is -0.410. The third kappa shape index (κ3) is 1.94. The molecular formula is C16H19NO3. The van der Waals surface area contributed by atoms with Gasteiger partial charge in [-0.05, 0) is 44.3 Å². The highest BCUT2D eigenvalue weighted by molar-refractivity contribution is 6.02. The van der Waals surface area contributed by atoms with E-state index in [1.807, 2.05) is 13.8 Å². The largest absolute Gasteiger partial charge is 0.364 e. The standard InChI is InChI=1S/C16H19NO3/c1-10-11(9-20-17-10)8-12-13-4-3-5-15(19)16(13,2)7-6-14(12)18/h9H,3-8H2,1-2H3. The molecule has 2 aliphatic carbocycles. The third-order valence-corrected chi connectivity index (χ3v) is 4.88. The molecule has 0 amide bonds. The van der Waals surface area contributed by atoms with E-state index in [0.29, 0.717) is 31.5 Å². The Hall–Kier alpha value is -1.71. The lowest BCUT2D eigenvalue weighted by Crippen LogP contribution is -2.39. The van der Waals surface area contributed by atoms with Gasteiger partial charge in [0.05, 0.1) is 5.69 Å². The summed E-state index contributed by atoms with van der Waals surface area (Å²) in [6.45, 7) is 3.89. The van der Waals surface area contributed by atoms with Gasteiger partial charge in [0.25, 0.3) is 0 Å². The number of nitrogens with zero attached hydrogens (tertiary/aromatic N) is 1. The summed E-state index contributed by atoms with van der Waals surface area (Å²) in [5.41, 5.74) is 3.26. The van der Waals surface area contributed by atoms with E-state index in [1.165, 1.54) is 0 Å². The van der Waals surface area contributed by atoms with Crippen LogP contribution in [-0.2, 0) is 16.0 Å². The number of aromatic nitrogens is 1. The Labute approximate surface area is 118 Å². The lowest BCUT2D eigenvalue weighted by Gasteiger charge is -2.39. The second-order valence-corrected chi connectivity index (χ2v) is 6.09. The first-order chi connectivity index (χ1) is 9.52. The Bertz CT molecular complexity index is 611. The zero-order valence-corrected chi connectivity index (χ0v) is 12.0. The van der Waals surface area contributed by atoms with Crippen LogP contribution in [0.1, 0.15) is 50.3 Å². The molecule has 20 heavy (non-hydrogen) atoms. The van der Waals surface area contributed by atoms with E-state index >= 15 is 0 Å². The van der Waals surface area contributed by atoms with Crippen LogP contribution in [0.5, 0.6) is 0 Å². The molecule has 0 radical (unpaired) electrons. The first kappa shape index (κ1) is 13.3. The van der Waals surface area contributed by atoms with Gasteiger partial charge in [-0.15, -0.1) is 0 Å². The van der Waals surface area contributed by atoms with E-state index in [9.17, 15) is 9.59 Å². The molecule has 0 N–H and O–H groups in total. The lowest BCUT2D eigenvalue weighted by atomic mass is 9.62. The Balaban J connectivity index is 2.05. The predicted octanol–water partition coefficient (Wildman–Crippen LogP) is 2.94. The van der Waals surface area contributed by atoms with Crippen LogP contribution >= 0.6 is 0 Å². The van der Waals surface area contributed by atoms with E-state index in [2.05, 4.69) is 5.16 Å². The van der Waals surface area contributed by atoms with Crippen LogP contribution in [0.15, 0.2) is 21.9 Å². The lowest BCUT2D eigenvalue weighted by molar-refractivity contribution is -0.129. The Morgan fingerprint density at radius 3 is 2.80 bits per heavy atom. The van der Waals surface area contributed by atoms with Gasteiger partial charge in [-0.1, -0.05) is 5.16 Å². The van der Waals surface area contributed by atoms with Gasteiger partial charge in [0, 0.05) is 30.2 Å². The zero-order valence-electron chi connectivity index (χ0n) is 12.0. The molecule has 1 aromatic rings. The van der Waals surface area contributed by atoms with Crippen LogP contribution in [0.25, 0.3) is 0 Å². The van der Waals surface area contributed by atoms with Crippen LogP contribution < -0.4 is 0 Å². The maximum atomic E-state index is 12.3. The number of hydrogen-bond acceptors (Lipinski definition) is 4. The molecule has 0 spiro atoms. The van der Waals surface area contributed by atoms with Gasteiger partial charge >= 0.3 is 0 Å². The first-order valence-electron chi connectivity index (χ1n) is 7.21. The Morgan fingerprint density at radius 2 is 2.10 bits per heavy atom. The van der Waals surface area contributed by atoms with Crippen molar-refractivity contribution < 1.29 is 14.1 Å². The number of Topliss-reactive ketones (excluding diaryl/α,β-unsaturated/α-hetero) is 2. The van der Waals surface area contributed by atoms with Crippen LogP contribution in [-0.4, -0.2) is 16.7 Å². The van der Waals surface area contributed by atoms with Gasteiger partial charge in [-0.3, -0.25) is 9.59 Å². The summed E-state index contributed by atoms with van der Waals surface area (Å²) >= 11 is 0. The van der Waals surface area contributed by atoms with E-state index in [4.69, 9.17) is 4.52 Å². The quantitative estimate of drug-likeness (QED) is 0.831. The highest BCUT2D eigenvalue weighted by Gasteiger charge is 2.44. The molecule has 1 fully saturated rings. The number of rotatable bonds is 2. The fourth-order valence-electron chi connectivity index (χ4n) is 3.48. The molecule has 3 rings (SSSR count). The molecule has 4 nitrogen and oxygen atoms in total. The van der Waals surface area contributed by atoms with Gasteiger partial charge in [0.2, 0.25) is 0 Å². The van der Waals surface area contributed by atoms with Crippen molar-refractivity contribution in [3.8, 4) is 0 Å². The van der Waals surface area contributed by atoms with Gasteiger partial charge in [0.1, 0.15) is 12.0 Å². The topological polar surface area (TPSA) is 60.2 Å².